The van der Waals surface area contributed by atoms with Crippen molar-refractivity contribution >= 4 is 5.97 Å². The summed E-state index contributed by atoms with van der Waals surface area (Å²) in [5.74, 6) is -1.03. The molecule has 5 heteroatoms. The second kappa shape index (κ2) is 5.00. The number of aryl methyl sites for hydroxylation is 1. The van der Waals surface area contributed by atoms with Crippen LogP contribution in [0.15, 0.2) is 24.3 Å². The maximum atomic E-state index is 11.0. The lowest BCUT2D eigenvalue weighted by molar-refractivity contribution is 0.0689. The van der Waals surface area contributed by atoms with E-state index in [9.17, 15) is 4.79 Å². The fourth-order valence-corrected chi connectivity index (χ4v) is 1.92. The highest BCUT2D eigenvalue weighted by Gasteiger charge is 2.17. The summed E-state index contributed by atoms with van der Waals surface area (Å²) in [6.07, 6.45) is 0.598. The maximum Gasteiger partial charge on any atom is 0.358 e. The number of nitrogens with zero attached hydrogens (tertiary/aromatic N) is 3. The SMILES string of the molecule is CCc1c(C(=O)O)nnn1Cc1ccccc1C. The highest BCUT2D eigenvalue weighted by atomic mass is 16.4. The second-order valence-corrected chi connectivity index (χ2v) is 4.13. The summed E-state index contributed by atoms with van der Waals surface area (Å²) in [5.41, 5.74) is 2.98. The number of carboxylic acids is 1. The molecular weight excluding hydrogens is 230 g/mol. The van der Waals surface area contributed by atoms with Crippen LogP contribution in [0.5, 0.6) is 0 Å². The minimum absolute atomic E-state index is 0.0473. The van der Waals surface area contributed by atoms with Gasteiger partial charge in [-0.15, -0.1) is 5.10 Å². The van der Waals surface area contributed by atoms with E-state index < -0.39 is 5.97 Å². The first-order valence-corrected chi connectivity index (χ1v) is 5.83. The van der Waals surface area contributed by atoms with Gasteiger partial charge in [0.15, 0.2) is 5.69 Å². The molecule has 18 heavy (non-hydrogen) atoms. The summed E-state index contributed by atoms with van der Waals surface area (Å²) in [6.45, 7) is 4.48. The molecule has 1 aromatic carbocycles. The molecule has 2 aromatic rings. The summed E-state index contributed by atoms with van der Waals surface area (Å²) in [6, 6.07) is 7.97. The lowest BCUT2D eigenvalue weighted by Gasteiger charge is -2.07. The van der Waals surface area contributed by atoms with Crippen LogP contribution >= 0.6 is 0 Å². The molecule has 0 saturated carbocycles. The Hall–Kier alpha value is -2.17. The van der Waals surface area contributed by atoms with Gasteiger partial charge >= 0.3 is 5.97 Å². The first-order chi connectivity index (χ1) is 8.63. The molecule has 0 unspecified atom stereocenters. The van der Waals surface area contributed by atoms with Gasteiger partial charge in [0.05, 0.1) is 12.2 Å². The van der Waals surface area contributed by atoms with E-state index in [0.717, 1.165) is 11.1 Å². The molecule has 0 bridgehead atoms. The van der Waals surface area contributed by atoms with Gasteiger partial charge in [0.2, 0.25) is 0 Å². The molecule has 0 aliphatic heterocycles. The summed E-state index contributed by atoms with van der Waals surface area (Å²) in [5, 5.41) is 16.7. The molecule has 2 rings (SSSR count). The van der Waals surface area contributed by atoms with Crippen LogP contribution < -0.4 is 0 Å². The van der Waals surface area contributed by atoms with E-state index in [4.69, 9.17) is 5.11 Å². The van der Waals surface area contributed by atoms with Gasteiger partial charge in [-0.1, -0.05) is 36.4 Å². The number of aromatic nitrogens is 3. The zero-order valence-corrected chi connectivity index (χ0v) is 10.4. The summed E-state index contributed by atoms with van der Waals surface area (Å²) in [4.78, 5) is 11.0. The van der Waals surface area contributed by atoms with Crippen molar-refractivity contribution in [1.29, 1.82) is 0 Å². The van der Waals surface area contributed by atoms with E-state index in [0.29, 0.717) is 18.7 Å². The number of carboxylic acid groups (broad SMARTS) is 1. The van der Waals surface area contributed by atoms with E-state index in [1.165, 1.54) is 0 Å². The third-order valence-electron chi connectivity index (χ3n) is 2.96. The molecule has 0 fully saturated rings. The van der Waals surface area contributed by atoms with Crippen LogP contribution in [0.4, 0.5) is 0 Å². The highest BCUT2D eigenvalue weighted by Crippen LogP contribution is 2.12. The molecule has 1 N–H and O–H groups in total. The molecule has 94 valence electrons. The van der Waals surface area contributed by atoms with Gasteiger partial charge < -0.3 is 5.11 Å². The molecule has 5 nitrogen and oxygen atoms in total. The smallest absolute Gasteiger partial charge is 0.358 e. The number of benzene rings is 1. The lowest BCUT2D eigenvalue weighted by atomic mass is 10.1. The highest BCUT2D eigenvalue weighted by molar-refractivity contribution is 5.86. The van der Waals surface area contributed by atoms with Crippen molar-refractivity contribution in [3.05, 3.63) is 46.8 Å². The van der Waals surface area contributed by atoms with E-state index in [2.05, 4.69) is 10.3 Å². The zero-order chi connectivity index (χ0) is 13.1. The van der Waals surface area contributed by atoms with Crippen LogP contribution in [0.25, 0.3) is 0 Å². The molecule has 0 saturated heterocycles. The van der Waals surface area contributed by atoms with Crippen LogP contribution in [-0.2, 0) is 13.0 Å². The van der Waals surface area contributed by atoms with Crippen molar-refractivity contribution in [2.75, 3.05) is 0 Å². The Morgan fingerprint density at radius 3 is 2.72 bits per heavy atom. The third-order valence-corrected chi connectivity index (χ3v) is 2.96. The van der Waals surface area contributed by atoms with Gasteiger partial charge in [-0.05, 0) is 24.5 Å². The van der Waals surface area contributed by atoms with Gasteiger partial charge in [0.25, 0.3) is 0 Å². The Labute approximate surface area is 105 Å². The van der Waals surface area contributed by atoms with Gasteiger partial charge in [0, 0.05) is 0 Å². The van der Waals surface area contributed by atoms with Crippen molar-refractivity contribution in [2.45, 2.75) is 26.8 Å². The van der Waals surface area contributed by atoms with E-state index in [1.807, 2.05) is 38.1 Å². The molecule has 0 aliphatic rings. The maximum absolute atomic E-state index is 11.0. The second-order valence-electron chi connectivity index (χ2n) is 4.13. The van der Waals surface area contributed by atoms with Crippen molar-refractivity contribution in [3.8, 4) is 0 Å². The number of carbonyl (C=O) groups is 1. The molecule has 0 spiro atoms. The molecule has 0 amide bonds. The van der Waals surface area contributed by atoms with Crippen molar-refractivity contribution < 1.29 is 9.90 Å². The van der Waals surface area contributed by atoms with E-state index in [1.54, 1.807) is 4.68 Å². The van der Waals surface area contributed by atoms with Crippen LogP contribution in [-0.4, -0.2) is 26.1 Å². The van der Waals surface area contributed by atoms with Gasteiger partial charge in [0.1, 0.15) is 0 Å². The summed E-state index contributed by atoms with van der Waals surface area (Å²) >= 11 is 0. The normalized spacial score (nSPS) is 10.6. The summed E-state index contributed by atoms with van der Waals surface area (Å²) < 4.78 is 1.66. The molecule has 0 radical (unpaired) electrons. The Morgan fingerprint density at radius 1 is 1.39 bits per heavy atom. The predicted molar refractivity (Wildman–Crippen MR) is 66.6 cm³/mol. The zero-order valence-electron chi connectivity index (χ0n) is 10.4. The lowest BCUT2D eigenvalue weighted by Crippen LogP contribution is -2.09. The van der Waals surface area contributed by atoms with Crippen molar-refractivity contribution in [1.82, 2.24) is 15.0 Å². The Kier molecular flexibility index (Phi) is 3.41. The fraction of sp³-hybridized carbons (Fsp3) is 0.308. The Bertz CT molecular complexity index is 575. The minimum atomic E-state index is -1.03. The number of aromatic carboxylic acids is 1. The minimum Gasteiger partial charge on any atom is -0.476 e. The van der Waals surface area contributed by atoms with Gasteiger partial charge in [-0.25, -0.2) is 9.48 Å². The molecule has 1 heterocycles. The average molecular weight is 245 g/mol. The van der Waals surface area contributed by atoms with E-state index in [-0.39, 0.29) is 5.69 Å². The standard InChI is InChI=1S/C13H15N3O2/c1-3-11-12(13(17)18)14-15-16(11)8-10-7-5-4-6-9(10)2/h4-7H,3,8H2,1-2H3,(H,17,18). The quantitative estimate of drug-likeness (QED) is 0.893. The first kappa shape index (κ1) is 12.3. The number of rotatable bonds is 4. The Balaban J connectivity index is 2.35. The predicted octanol–water partition coefficient (Wildman–Crippen LogP) is 1.90. The fourth-order valence-electron chi connectivity index (χ4n) is 1.92. The summed E-state index contributed by atoms with van der Waals surface area (Å²) in [7, 11) is 0. The molecule has 1 aromatic heterocycles. The largest absolute Gasteiger partial charge is 0.476 e. The third kappa shape index (κ3) is 2.25. The Morgan fingerprint density at radius 2 is 2.11 bits per heavy atom. The van der Waals surface area contributed by atoms with Crippen molar-refractivity contribution in [2.24, 2.45) is 0 Å². The monoisotopic (exact) mass is 245 g/mol. The molecular formula is C13H15N3O2. The van der Waals surface area contributed by atoms with Crippen LogP contribution in [0.2, 0.25) is 0 Å². The first-order valence-electron chi connectivity index (χ1n) is 5.83. The van der Waals surface area contributed by atoms with Crippen LogP contribution in [0, 0.1) is 6.92 Å². The molecule has 0 aliphatic carbocycles. The van der Waals surface area contributed by atoms with Gasteiger partial charge in [-0.3, -0.25) is 0 Å². The average Bonchev–Trinajstić information content (AvgIpc) is 2.75. The van der Waals surface area contributed by atoms with E-state index >= 15 is 0 Å². The van der Waals surface area contributed by atoms with Crippen molar-refractivity contribution in [3.63, 3.8) is 0 Å². The number of hydrogen-bond acceptors (Lipinski definition) is 3. The number of hydrogen-bond donors (Lipinski definition) is 1. The van der Waals surface area contributed by atoms with Crippen LogP contribution in [0.1, 0.15) is 34.2 Å². The topological polar surface area (TPSA) is 68.0 Å². The van der Waals surface area contributed by atoms with Crippen LogP contribution in [0.3, 0.4) is 0 Å². The molecule has 0 atom stereocenters. The van der Waals surface area contributed by atoms with Gasteiger partial charge in [-0.2, -0.15) is 0 Å².